The Balaban J connectivity index is 1.68. The minimum Gasteiger partial charge on any atom is -0.384 e. The number of hydrogen-bond acceptors (Lipinski definition) is 5. The molecule has 1 aliphatic carbocycles. The van der Waals surface area contributed by atoms with Gasteiger partial charge in [-0.25, -0.2) is 4.98 Å². The number of hydrogen-bond donors (Lipinski definition) is 2. The molecule has 0 radical (unpaired) electrons. The Labute approximate surface area is 141 Å². The van der Waals surface area contributed by atoms with Crippen molar-refractivity contribution in [2.75, 3.05) is 0 Å². The van der Waals surface area contributed by atoms with E-state index >= 15 is 0 Å². The molecular weight excluding hydrogens is 306 g/mol. The minimum atomic E-state index is -0.843. The summed E-state index contributed by atoms with van der Waals surface area (Å²) in [5.41, 5.74) is 1.75. The van der Waals surface area contributed by atoms with Crippen LogP contribution in [0.5, 0.6) is 0 Å². The third kappa shape index (κ3) is 3.51. The zero-order chi connectivity index (χ0) is 16.3. The van der Waals surface area contributed by atoms with Crippen molar-refractivity contribution in [3.63, 3.8) is 0 Å². The lowest BCUT2D eigenvalue weighted by Crippen LogP contribution is -2.34. The third-order valence-electron chi connectivity index (χ3n) is 4.74. The van der Waals surface area contributed by atoms with E-state index in [1.165, 1.54) is 0 Å². The van der Waals surface area contributed by atoms with Crippen LogP contribution in [0.25, 0.3) is 10.6 Å². The second-order valence-electron chi connectivity index (χ2n) is 6.35. The highest BCUT2D eigenvalue weighted by molar-refractivity contribution is 7.13. The summed E-state index contributed by atoms with van der Waals surface area (Å²) in [5.74, 6) is 0.338. The molecule has 2 heterocycles. The maximum Gasteiger partial charge on any atom is 0.124 e. The molecule has 0 aliphatic heterocycles. The molecule has 2 N–H and O–H groups in total. The van der Waals surface area contributed by atoms with E-state index in [1.807, 2.05) is 17.5 Å². The fraction of sp³-hybridized carbons (Fsp3) is 0.500. The van der Waals surface area contributed by atoms with Crippen LogP contribution in [-0.2, 0) is 5.60 Å². The van der Waals surface area contributed by atoms with Crippen molar-refractivity contribution in [3.05, 3.63) is 35.6 Å². The molecule has 2 aromatic rings. The minimum absolute atomic E-state index is 0.338. The van der Waals surface area contributed by atoms with Gasteiger partial charge >= 0.3 is 0 Å². The average Bonchev–Trinajstić information content (AvgIpc) is 3.10. The number of thiazole rings is 1. The summed E-state index contributed by atoms with van der Waals surface area (Å²) < 4.78 is 0. The number of aromatic nitrogens is 2. The van der Waals surface area contributed by atoms with Gasteiger partial charge in [0.25, 0.3) is 0 Å². The smallest absolute Gasteiger partial charge is 0.124 e. The van der Waals surface area contributed by atoms with Gasteiger partial charge in [0, 0.05) is 29.0 Å². The van der Waals surface area contributed by atoms with Crippen molar-refractivity contribution in [2.45, 2.75) is 51.0 Å². The fourth-order valence-electron chi connectivity index (χ4n) is 3.34. The second kappa shape index (κ2) is 6.89. The Morgan fingerprint density at radius 1 is 1.35 bits per heavy atom. The standard InChI is InChI=1S/C18H23N3OS/c1-2-3-15(19)13-6-8-18(22,9-7-13)16-5-4-14(12-21-16)17-20-10-11-23-17/h4-5,10-13,19,22H,2-3,6-9H2,1H3. The summed E-state index contributed by atoms with van der Waals surface area (Å²) >= 11 is 1.59. The van der Waals surface area contributed by atoms with Crippen LogP contribution >= 0.6 is 11.3 Å². The summed E-state index contributed by atoms with van der Waals surface area (Å²) in [6.45, 7) is 2.11. The van der Waals surface area contributed by atoms with E-state index in [9.17, 15) is 5.11 Å². The molecule has 5 heteroatoms. The largest absolute Gasteiger partial charge is 0.384 e. The Morgan fingerprint density at radius 3 is 2.70 bits per heavy atom. The van der Waals surface area contributed by atoms with Crippen LogP contribution in [0.2, 0.25) is 0 Å². The van der Waals surface area contributed by atoms with Crippen LogP contribution in [0.4, 0.5) is 0 Å². The predicted molar refractivity (Wildman–Crippen MR) is 93.8 cm³/mol. The third-order valence-corrected chi connectivity index (χ3v) is 5.57. The Morgan fingerprint density at radius 2 is 2.13 bits per heavy atom. The topological polar surface area (TPSA) is 69.9 Å². The van der Waals surface area contributed by atoms with Gasteiger partial charge in [-0.05, 0) is 50.2 Å². The first kappa shape index (κ1) is 16.3. The number of rotatable bonds is 5. The summed E-state index contributed by atoms with van der Waals surface area (Å²) in [7, 11) is 0. The number of nitrogens with one attached hydrogen (secondary N) is 1. The van der Waals surface area contributed by atoms with E-state index in [4.69, 9.17) is 5.41 Å². The maximum atomic E-state index is 10.9. The van der Waals surface area contributed by atoms with E-state index in [0.29, 0.717) is 18.8 Å². The fourth-order valence-corrected chi connectivity index (χ4v) is 3.96. The molecule has 122 valence electrons. The highest BCUT2D eigenvalue weighted by atomic mass is 32.1. The molecule has 1 saturated carbocycles. The molecule has 0 bridgehead atoms. The van der Waals surface area contributed by atoms with E-state index in [0.717, 1.165) is 47.7 Å². The molecule has 3 rings (SSSR count). The van der Waals surface area contributed by atoms with Gasteiger partial charge in [0.1, 0.15) is 10.6 Å². The SMILES string of the molecule is CCCC(=N)C1CCC(O)(c2ccc(-c3nccs3)cn2)CC1. The van der Waals surface area contributed by atoms with Crippen molar-refractivity contribution in [1.29, 1.82) is 5.41 Å². The quantitative estimate of drug-likeness (QED) is 0.799. The van der Waals surface area contributed by atoms with Crippen molar-refractivity contribution in [1.82, 2.24) is 9.97 Å². The van der Waals surface area contributed by atoms with E-state index in [2.05, 4.69) is 16.9 Å². The van der Waals surface area contributed by atoms with E-state index in [1.54, 1.807) is 23.7 Å². The van der Waals surface area contributed by atoms with Crippen LogP contribution in [0.15, 0.2) is 29.9 Å². The molecule has 2 aromatic heterocycles. The van der Waals surface area contributed by atoms with Crippen molar-refractivity contribution >= 4 is 17.0 Å². The molecular formula is C18H23N3OS. The van der Waals surface area contributed by atoms with Crippen LogP contribution in [-0.4, -0.2) is 20.8 Å². The number of nitrogens with zero attached hydrogens (tertiary/aromatic N) is 2. The molecule has 0 unspecified atom stereocenters. The van der Waals surface area contributed by atoms with E-state index in [-0.39, 0.29) is 0 Å². The van der Waals surface area contributed by atoms with Gasteiger partial charge in [0.05, 0.1) is 5.69 Å². The molecule has 23 heavy (non-hydrogen) atoms. The highest BCUT2D eigenvalue weighted by Crippen LogP contribution is 2.39. The average molecular weight is 329 g/mol. The lowest BCUT2D eigenvalue weighted by molar-refractivity contribution is -0.0110. The van der Waals surface area contributed by atoms with Crippen molar-refractivity contribution < 1.29 is 5.11 Å². The Kier molecular flexibility index (Phi) is 4.87. The summed E-state index contributed by atoms with van der Waals surface area (Å²) in [6.07, 6.45) is 8.63. The van der Waals surface area contributed by atoms with Gasteiger partial charge in [-0.1, -0.05) is 13.3 Å². The summed E-state index contributed by atoms with van der Waals surface area (Å²) in [5, 5.41) is 22.0. The van der Waals surface area contributed by atoms with Crippen LogP contribution in [0.1, 0.15) is 51.1 Å². The Bertz CT molecular complexity index is 643. The van der Waals surface area contributed by atoms with Crippen molar-refractivity contribution in [3.8, 4) is 10.6 Å². The molecule has 0 amide bonds. The summed E-state index contributed by atoms with van der Waals surface area (Å²) in [4.78, 5) is 8.78. The molecule has 0 saturated heterocycles. The van der Waals surface area contributed by atoms with Gasteiger partial charge in [0.15, 0.2) is 0 Å². The number of pyridine rings is 1. The molecule has 1 aliphatic rings. The van der Waals surface area contributed by atoms with Gasteiger partial charge in [-0.15, -0.1) is 11.3 Å². The zero-order valence-electron chi connectivity index (χ0n) is 13.5. The first-order chi connectivity index (χ1) is 11.1. The first-order valence-corrected chi connectivity index (χ1v) is 9.16. The van der Waals surface area contributed by atoms with Gasteiger partial charge in [0.2, 0.25) is 0 Å². The molecule has 0 atom stereocenters. The zero-order valence-corrected chi connectivity index (χ0v) is 14.3. The normalized spacial score (nSPS) is 24.5. The van der Waals surface area contributed by atoms with Gasteiger partial charge in [-0.3, -0.25) is 4.98 Å². The molecule has 0 spiro atoms. The monoisotopic (exact) mass is 329 g/mol. The second-order valence-corrected chi connectivity index (χ2v) is 7.25. The predicted octanol–water partition coefficient (Wildman–Crippen LogP) is 4.40. The van der Waals surface area contributed by atoms with Gasteiger partial charge in [-0.2, -0.15) is 0 Å². The summed E-state index contributed by atoms with van der Waals surface area (Å²) in [6, 6.07) is 3.92. The van der Waals surface area contributed by atoms with E-state index < -0.39 is 5.60 Å². The Hall–Kier alpha value is -1.59. The molecule has 1 fully saturated rings. The molecule has 0 aromatic carbocycles. The van der Waals surface area contributed by atoms with Crippen LogP contribution < -0.4 is 0 Å². The molecule has 4 nitrogen and oxygen atoms in total. The maximum absolute atomic E-state index is 10.9. The lowest BCUT2D eigenvalue weighted by Gasteiger charge is -2.35. The van der Waals surface area contributed by atoms with Crippen LogP contribution in [0.3, 0.4) is 0 Å². The first-order valence-electron chi connectivity index (χ1n) is 8.28. The number of aliphatic hydroxyl groups is 1. The van der Waals surface area contributed by atoms with Crippen molar-refractivity contribution in [2.24, 2.45) is 5.92 Å². The van der Waals surface area contributed by atoms with Crippen LogP contribution in [0, 0.1) is 11.3 Å². The lowest BCUT2D eigenvalue weighted by atomic mass is 9.74. The van der Waals surface area contributed by atoms with Gasteiger partial charge < -0.3 is 10.5 Å². The highest BCUT2D eigenvalue weighted by Gasteiger charge is 2.36.